The van der Waals surface area contributed by atoms with E-state index in [1.54, 1.807) is 0 Å². The molecule has 0 saturated heterocycles. The van der Waals surface area contributed by atoms with Gasteiger partial charge in [-0.15, -0.1) is 0 Å². The standard InChI is InChI=1S/C14H18N2O5/c1-9-3-4-10(2)11(5-9)20-8-14(19)21-7-13(18)16-6-12(15)17/h3-5H,6-8H2,1-2H3,(H2,15,17)(H,16,18). The Morgan fingerprint density at radius 2 is 1.90 bits per heavy atom. The zero-order valence-corrected chi connectivity index (χ0v) is 12.0. The minimum atomic E-state index is -0.676. The van der Waals surface area contributed by atoms with E-state index in [9.17, 15) is 14.4 Å². The van der Waals surface area contributed by atoms with Crippen LogP contribution in [0.2, 0.25) is 0 Å². The number of hydrogen-bond acceptors (Lipinski definition) is 5. The van der Waals surface area contributed by atoms with E-state index in [1.807, 2.05) is 32.0 Å². The van der Waals surface area contributed by atoms with Crippen LogP contribution in [-0.4, -0.2) is 37.5 Å². The maximum Gasteiger partial charge on any atom is 0.344 e. The number of carbonyl (C=O) groups is 3. The van der Waals surface area contributed by atoms with E-state index in [-0.39, 0.29) is 13.2 Å². The molecule has 0 heterocycles. The van der Waals surface area contributed by atoms with E-state index in [1.165, 1.54) is 0 Å². The lowest BCUT2D eigenvalue weighted by Crippen LogP contribution is -2.36. The Balaban J connectivity index is 2.32. The van der Waals surface area contributed by atoms with Gasteiger partial charge in [0.15, 0.2) is 13.2 Å². The number of nitrogens with two attached hydrogens (primary N) is 1. The van der Waals surface area contributed by atoms with Gasteiger partial charge in [0, 0.05) is 0 Å². The van der Waals surface area contributed by atoms with E-state index >= 15 is 0 Å². The van der Waals surface area contributed by atoms with Gasteiger partial charge in [-0.25, -0.2) is 4.79 Å². The maximum atomic E-state index is 11.4. The van der Waals surface area contributed by atoms with Crippen LogP contribution in [0.3, 0.4) is 0 Å². The Bertz CT molecular complexity index is 542. The van der Waals surface area contributed by atoms with Gasteiger partial charge in [0.1, 0.15) is 5.75 Å². The first-order valence-electron chi connectivity index (χ1n) is 6.29. The van der Waals surface area contributed by atoms with E-state index in [4.69, 9.17) is 15.2 Å². The van der Waals surface area contributed by atoms with Crippen molar-refractivity contribution in [3.63, 3.8) is 0 Å². The molecule has 114 valence electrons. The van der Waals surface area contributed by atoms with Crippen LogP contribution >= 0.6 is 0 Å². The molecule has 7 heteroatoms. The molecule has 1 rings (SSSR count). The summed E-state index contributed by atoms with van der Waals surface area (Å²) in [6.45, 7) is 2.69. The van der Waals surface area contributed by atoms with Gasteiger partial charge in [0.05, 0.1) is 6.54 Å². The van der Waals surface area contributed by atoms with Gasteiger partial charge in [-0.1, -0.05) is 12.1 Å². The van der Waals surface area contributed by atoms with E-state index in [0.717, 1.165) is 11.1 Å². The Labute approximate surface area is 122 Å². The number of aryl methyl sites for hydroxylation is 2. The summed E-state index contributed by atoms with van der Waals surface area (Å²) in [5.74, 6) is -1.36. The first kappa shape index (κ1) is 16.5. The molecule has 0 aromatic heterocycles. The fourth-order valence-electron chi connectivity index (χ4n) is 1.42. The normalized spacial score (nSPS) is 9.81. The minimum Gasteiger partial charge on any atom is -0.482 e. The smallest absolute Gasteiger partial charge is 0.344 e. The second-order valence-corrected chi connectivity index (χ2v) is 4.46. The molecule has 0 aliphatic rings. The van der Waals surface area contributed by atoms with Gasteiger partial charge < -0.3 is 20.5 Å². The van der Waals surface area contributed by atoms with Crippen molar-refractivity contribution in [3.05, 3.63) is 29.3 Å². The average Bonchev–Trinajstić information content (AvgIpc) is 2.43. The third-order valence-electron chi connectivity index (χ3n) is 2.51. The first-order chi connectivity index (χ1) is 9.88. The molecule has 1 aromatic rings. The van der Waals surface area contributed by atoms with Crippen molar-refractivity contribution in [3.8, 4) is 5.75 Å². The number of carbonyl (C=O) groups excluding carboxylic acids is 3. The van der Waals surface area contributed by atoms with Gasteiger partial charge >= 0.3 is 5.97 Å². The number of ether oxygens (including phenoxy) is 2. The molecule has 0 atom stereocenters. The van der Waals surface area contributed by atoms with E-state index < -0.39 is 24.4 Å². The predicted octanol–water partition coefficient (Wildman–Crippen LogP) is -0.173. The highest BCUT2D eigenvalue weighted by Crippen LogP contribution is 2.18. The van der Waals surface area contributed by atoms with Crippen LogP contribution < -0.4 is 15.8 Å². The fraction of sp³-hybridized carbons (Fsp3) is 0.357. The molecule has 0 unspecified atom stereocenters. The summed E-state index contributed by atoms with van der Waals surface area (Å²) in [7, 11) is 0. The monoisotopic (exact) mass is 294 g/mol. The van der Waals surface area contributed by atoms with Crippen molar-refractivity contribution in [2.75, 3.05) is 19.8 Å². The summed E-state index contributed by atoms with van der Waals surface area (Å²) in [6, 6.07) is 5.62. The molecule has 0 spiro atoms. The van der Waals surface area contributed by atoms with Crippen LogP contribution in [0.25, 0.3) is 0 Å². The van der Waals surface area contributed by atoms with Gasteiger partial charge in [-0.2, -0.15) is 0 Å². The highest BCUT2D eigenvalue weighted by Gasteiger charge is 2.09. The van der Waals surface area contributed by atoms with Crippen molar-refractivity contribution in [2.45, 2.75) is 13.8 Å². The third-order valence-corrected chi connectivity index (χ3v) is 2.51. The second kappa shape index (κ2) is 7.88. The average molecular weight is 294 g/mol. The summed E-state index contributed by atoms with van der Waals surface area (Å²) in [5.41, 5.74) is 6.76. The van der Waals surface area contributed by atoms with Crippen molar-refractivity contribution in [1.82, 2.24) is 5.32 Å². The molecule has 0 aliphatic carbocycles. The first-order valence-corrected chi connectivity index (χ1v) is 6.29. The number of rotatable bonds is 7. The SMILES string of the molecule is Cc1ccc(C)c(OCC(=O)OCC(=O)NCC(N)=O)c1. The van der Waals surface area contributed by atoms with Gasteiger partial charge in [-0.05, 0) is 31.0 Å². The van der Waals surface area contributed by atoms with Crippen LogP contribution in [0.1, 0.15) is 11.1 Å². The zero-order valence-electron chi connectivity index (χ0n) is 12.0. The van der Waals surface area contributed by atoms with Crippen molar-refractivity contribution < 1.29 is 23.9 Å². The largest absolute Gasteiger partial charge is 0.482 e. The molecule has 2 amide bonds. The van der Waals surface area contributed by atoms with Gasteiger partial charge in [0.2, 0.25) is 5.91 Å². The summed E-state index contributed by atoms with van der Waals surface area (Å²) in [4.78, 5) is 33.1. The lowest BCUT2D eigenvalue weighted by Gasteiger charge is -2.09. The molecule has 7 nitrogen and oxygen atoms in total. The van der Waals surface area contributed by atoms with Crippen LogP contribution in [-0.2, 0) is 19.1 Å². The molecule has 3 N–H and O–H groups in total. The van der Waals surface area contributed by atoms with E-state index in [2.05, 4.69) is 5.32 Å². The third kappa shape index (κ3) is 6.42. The predicted molar refractivity (Wildman–Crippen MR) is 74.6 cm³/mol. The van der Waals surface area contributed by atoms with Crippen molar-refractivity contribution >= 4 is 17.8 Å². The molecule has 21 heavy (non-hydrogen) atoms. The van der Waals surface area contributed by atoms with Crippen LogP contribution in [0.5, 0.6) is 5.75 Å². The van der Waals surface area contributed by atoms with Crippen LogP contribution in [0.4, 0.5) is 0 Å². The molecule has 0 bridgehead atoms. The summed E-state index contributed by atoms with van der Waals surface area (Å²) < 4.78 is 10.0. The molecular formula is C14H18N2O5. The maximum absolute atomic E-state index is 11.4. The second-order valence-electron chi connectivity index (χ2n) is 4.46. The summed E-state index contributed by atoms with van der Waals surface area (Å²) in [5, 5.41) is 2.20. The quantitative estimate of drug-likeness (QED) is 0.679. The molecule has 0 fully saturated rings. The molecular weight excluding hydrogens is 276 g/mol. The van der Waals surface area contributed by atoms with Crippen LogP contribution in [0, 0.1) is 13.8 Å². The Morgan fingerprint density at radius 3 is 2.57 bits per heavy atom. The zero-order chi connectivity index (χ0) is 15.8. The van der Waals surface area contributed by atoms with Gasteiger partial charge in [0.25, 0.3) is 5.91 Å². The van der Waals surface area contributed by atoms with Gasteiger partial charge in [-0.3, -0.25) is 9.59 Å². The number of amides is 2. The minimum absolute atomic E-state index is 0.296. The Morgan fingerprint density at radius 1 is 1.19 bits per heavy atom. The molecule has 0 aliphatic heterocycles. The lowest BCUT2D eigenvalue weighted by atomic mass is 10.1. The molecule has 0 saturated carbocycles. The number of primary amides is 1. The van der Waals surface area contributed by atoms with Crippen molar-refractivity contribution in [2.24, 2.45) is 5.73 Å². The summed E-state index contributed by atoms with van der Waals surface area (Å²) >= 11 is 0. The number of nitrogens with one attached hydrogen (secondary N) is 1. The lowest BCUT2D eigenvalue weighted by molar-refractivity contribution is -0.150. The highest BCUT2D eigenvalue weighted by atomic mass is 16.6. The fourth-order valence-corrected chi connectivity index (χ4v) is 1.42. The number of esters is 1. The number of hydrogen-bond donors (Lipinski definition) is 2. The Hall–Kier alpha value is -2.57. The van der Waals surface area contributed by atoms with Crippen molar-refractivity contribution in [1.29, 1.82) is 0 Å². The molecule has 0 radical (unpaired) electrons. The molecule has 1 aromatic carbocycles. The Kier molecular flexibility index (Phi) is 6.19. The van der Waals surface area contributed by atoms with Crippen LogP contribution in [0.15, 0.2) is 18.2 Å². The topological polar surface area (TPSA) is 108 Å². The summed E-state index contributed by atoms with van der Waals surface area (Å²) in [6.07, 6.45) is 0. The highest BCUT2D eigenvalue weighted by molar-refractivity contribution is 5.85. The van der Waals surface area contributed by atoms with E-state index in [0.29, 0.717) is 5.75 Å². The number of benzene rings is 1.